The van der Waals surface area contributed by atoms with Crippen LogP contribution in [-0.2, 0) is 0 Å². The Morgan fingerprint density at radius 1 is 1.21 bits per heavy atom. The fourth-order valence-corrected chi connectivity index (χ4v) is 2.68. The summed E-state index contributed by atoms with van der Waals surface area (Å²) in [5, 5.41) is 0. The number of rotatable bonds is 2. The fourth-order valence-electron chi connectivity index (χ4n) is 2.68. The van der Waals surface area contributed by atoms with Crippen molar-refractivity contribution in [2.75, 3.05) is 39.8 Å². The third kappa shape index (κ3) is 2.27. The van der Waals surface area contributed by atoms with Gasteiger partial charge >= 0.3 is 0 Å². The van der Waals surface area contributed by atoms with Crippen LogP contribution in [0, 0.1) is 5.92 Å². The Bertz CT molecular complexity index is 177. The Morgan fingerprint density at radius 2 is 2.00 bits per heavy atom. The van der Waals surface area contributed by atoms with Gasteiger partial charge in [0.25, 0.3) is 0 Å². The number of likely N-dealkylation sites (N-methyl/N-ethyl adjacent to an activating group) is 1. The summed E-state index contributed by atoms with van der Waals surface area (Å²) in [7, 11) is 2.20. The Labute approximate surface area is 87.2 Å². The molecule has 82 valence electrons. The van der Waals surface area contributed by atoms with Crippen LogP contribution in [0.15, 0.2) is 0 Å². The molecule has 0 bridgehead atoms. The standard InChI is InChI=1S/C11H23N3/c1-13-8-11(9-13)14-5-3-2-4-10(6-12)7-14/h10-11H,2-9,12H2,1H3. The van der Waals surface area contributed by atoms with Gasteiger partial charge in [-0.05, 0) is 38.9 Å². The van der Waals surface area contributed by atoms with Gasteiger partial charge in [0.2, 0.25) is 0 Å². The molecule has 2 N–H and O–H groups in total. The molecule has 2 saturated heterocycles. The third-order valence-electron chi connectivity index (χ3n) is 3.69. The summed E-state index contributed by atoms with van der Waals surface area (Å²) in [5.74, 6) is 0.753. The summed E-state index contributed by atoms with van der Waals surface area (Å²) in [5.41, 5.74) is 5.78. The zero-order valence-corrected chi connectivity index (χ0v) is 9.28. The second kappa shape index (κ2) is 4.60. The van der Waals surface area contributed by atoms with Gasteiger partial charge in [-0.25, -0.2) is 0 Å². The van der Waals surface area contributed by atoms with Crippen molar-refractivity contribution < 1.29 is 0 Å². The van der Waals surface area contributed by atoms with Crippen molar-refractivity contribution in [3.8, 4) is 0 Å². The maximum absolute atomic E-state index is 5.78. The molecule has 1 atom stereocenters. The maximum Gasteiger partial charge on any atom is 0.0350 e. The maximum atomic E-state index is 5.78. The van der Waals surface area contributed by atoms with E-state index in [4.69, 9.17) is 5.73 Å². The number of nitrogens with two attached hydrogens (primary N) is 1. The molecule has 1 unspecified atom stereocenters. The Hall–Kier alpha value is -0.120. The van der Waals surface area contributed by atoms with Crippen LogP contribution in [0.5, 0.6) is 0 Å². The number of hydrogen-bond donors (Lipinski definition) is 1. The van der Waals surface area contributed by atoms with Gasteiger partial charge in [-0.2, -0.15) is 0 Å². The molecule has 0 amide bonds. The first kappa shape index (κ1) is 10.4. The number of likely N-dealkylation sites (tertiary alicyclic amines) is 2. The van der Waals surface area contributed by atoms with E-state index in [1.165, 1.54) is 45.4 Å². The molecule has 3 heteroatoms. The van der Waals surface area contributed by atoms with Crippen molar-refractivity contribution in [1.82, 2.24) is 9.80 Å². The van der Waals surface area contributed by atoms with Gasteiger partial charge in [-0.3, -0.25) is 4.90 Å². The molecule has 2 rings (SSSR count). The Morgan fingerprint density at radius 3 is 2.64 bits per heavy atom. The summed E-state index contributed by atoms with van der Waals surface area (Å²) in [6.45, 7) is 5.94. The van der Waals surface area contributed by atoms with E-state index < -0.39 is 0 Å². The molecule has 0 saturated carbocycles. The molecule has 0 aromatic heterocycles. The van der Waals surface area contributed by atoms with Crippen LogP contribution in [0.3, 0.4) is 0 Å². The summed E-state index contributed by atoms with van der Waals surface area (Å²) in [6, 6.07) is 0.826. The molecule has 0 radical (unpaired) electrons. The minimum atomic E-state index is 0.753. The molecule has 0 aromatic rings. The second-order valence-corrected chi connectivity index (χ2v) is 4.97. The van der Waals surface area contributed by atoms with Crippen LogP contribution in [0.4, 0.5) is 0 Å². The average molecular weight is 197 g/mol. The minimum Gasteiger partial charge on any atom is -0.330 e. The summed E-state index contributed by atoms with van der Waals surface area (Å²) in [4.78, 5) is 5.07. The van der Waals surface area contributed by atoms with Crippen molar-refractivity contribution in [3.63, 3.8) is 0 Å². The first-order valence-corrected chi connectivity index (χ1v) is 5.92. The molecule has 0 spiro atoms. The first-order valence-electron chi connectivity index (χ1n) is 5.92. The fraction of sp³-hybridized carbons (Fsp3) is 1.00. The molecule has 2 fully saturated rings. The van der Waals surface area contributed by atoms with E-state index in [1.54, 1.807) is 0 Å². The molecule has 2 aliphatic rings. The normalized spacial score (nSPS) is 32.6. The SMILES string of the molecule is CN1CC(N2CCCCC(CN)C2)C1. The van der Waals surface area contributed by atoms with E-state index in [9.17, 15) is 0 Å². The summed E-state index contributed by atoms with van der Waals surface area (Å²) < 4.78 is 0. The van der Waals surface area contributed by atoms with Crippen LogP contribution in [0.25, 0.3) is 0 Å². The smallest absolute Gasteiger partial charge is 0.0350 e. The molecule has 14 heavy (non-hydrogen) atoms. The topological polar surface area (TPSA) is 32.5 Å². The number of nitrogens with zero attached hydrogens (tertiary/aromatic N) is 2. The van der Waals surface area contributed by atoms with Crippen LogP contribution in [0.2, 0.25) is 0 Å². The highest BCUT2D eigenvalue weighted by Gasteiger charge is 2.30. The summed E-state index contributed by atoms with van der Waals surface area (Å²) >= 11 is 0. The monoisotopic (exact) mass is 197 g/mol. The molecule has 0 aromatic carbocycles. The van der Waals surface area contributed by atoms with Gasteiger partial charge in [0.15, 0.2) is 0 Å². The zero-order valence-electron chi connectivity index (χ0n) is 9.28. The van der Waals surface area contributed by atoms with E-state index in [0.29, 0.717) is 0 Å². The van der Waals surface area contributed by atoms with Crippen LogP contribution in [-0.4, -0.2) is 55.6 Å². The Kier molecular flexibility index (Phi) is 3.42. The first-order chi connectivity index (χ1) is 6.79. The average Bonchev–Trinajstić information content (AvgIpc) is 2.37. The Balaban J connectivity index is 1.84. The van der Waals surface area contributed by atoms with E-state index in [2.05, 4.69) is 16.8 Å². The van der Waals surface area contributed by atoms with Gasteiger partial charge in [0.05, 0.1) is 0 Å². The predicted molar refractivity (Wildman–Crippen MR) is 59.3 cm³/mol. The van der Waals surface area contributed by atoms with Crippen LogP contribution >= 0.6 is 0 Å². The molecular weight excluding hydrogens is 174 g/mol. The molecule has 0 aliphatic carbocycles. The minimum absolute atomic E-state index is 0.753. The third-order valence-corrected chi connectivity index (χ3v) is 3.69. The van der Waals surface area contributed by atoms with E-state index >= 15 is 0 Å². The lowest BCUT2D eigenvalue weighted by Crippen LogP contribution is -2.58. The van der Waals surface area contributed by atoms with Gasteiger partial charge in [0, 0.05) is 25.7 Å². The zero-order chi connectivity index (χ0) is 9.97. The van der Waals surface area contributed by atoms with Crippen LogP contribution < -0.4 is 5.73 Å². The van der Waals surface area contributed by atoms with Gasteiger partial charge in [-0.15, -0.1) is 0 Å². The second-order valence-electron chi connectivity index (χ2n) is 4.97. The van der Waals surface area contributed by atoms with Crippen molar-refractivity contribution in [2.24, 2.45) is 11.7 Å². The molecule has 2 heterocycles. The predicted octanol–water partition coefficient (Wildman–Crippen LogP) is 0.361. The highest BCUT2D eigenvalue weighted by molar-refractivity contribution is 4.88. The van der Waals surface area contributed by atoms with Crippen molar-refractivity contribution in [1.29, 1.82) is 0 Å². The molecule has 3 nitrogen and oxygen atoms in total. The van der Waals surface area contributed by atoms with Gasteiger partial charge in [-0.1, -0.05) is 6.42 Å². The molecular formula is C11H23N3. The summed E-state index contributed by atoms with van der Waals surface area (Å²) in [6.07, 6.45) is 4.09. The number of hydrogen-bond acceptors (Lipinski definition) is 3. The lowest BCUT2D eigenvalue weighted by atomic mass is 10.0. The van der Waals surface area contributed by atoms with Crippen molar-refractivity contribution >= 4 is 0 Å². The molecule has 2 aliphatic heterocycles. The van der Waals surface area contributed by atoms with Crippen molar-refractivity contribution in [3.05, 3.63) is 0 Å². The van der Waals surface area contributed by atoms with Crippen LogP contribution in [0.1, 0.15) is 19.3 Å². The lowest BCUT2D eigenvalue weighted by Gasteiger charge is -2.44. The highest BCUT2D eigenvalue weighted by atomic mass is 15.3. The quantitative estimate of drug-likeness (QED) is 0.694. The van der Waals surface area contributed by atoms with E-state index in [0.717, 1.165) is 18.5 Å². The van der Waals surface area contributed by atoms with Gasteiger partial charge in [0.1, 0.15) is 0 Å². The lowest BCUT2D eigenvalue weighted by molar-refractivity contribution is 0.0473. The highest BCUT2D eigenvalue weighted by Crippen LogP contribution is 2.21. The largest absolute Gasteiger partial charge is 0.330 e. The van der Waals surface area contributed by atoms with Crippen molar-refractivity contribution in [2.45, 2.75) is 25.3 Å². The van der Waals surface area contributed by atoms with Gasteiger partial charge < -0.3 is 10.6 Å². The van der Waals surface area contributed by atoms with E-state index in [-0.39, 0.29) is 0 Å². The van der Waals surface area contributed by atoms with E-state index in [1.807, 2.05) is 0 Å².